The van der Waals surface area contributed by atoms with Gasteiger partial charge in [0.15, 0.2) is 0 Å². The predicted octanol–water partition coefficient (Wildman–Crippen LogP) is 4.08. The second-order valence-corrected chi connectivity index (χ2v) is 6.69. The van der Waals surface area contributed by atoms with E-state index in [0.29, 0.717) is 0 Å². The van der Waals surface area contributed by atoms with Gasteiger partial charge in [-0.25, -0.2) is 0 Å². The summed E-state index contributed by atoms with van der Waals surface area (Å²) in [5, 5.41) is 4.37. The molecule has 2 heterocycles. The van der Waals surface area contributed by atoms with Crippen molar-refractivity contribution in [3.8, 4) is 17.1 Å². The Bertz CT molecular complexity index is 786. The van der Waals surface area contributed by atoms with Crippen LogP contribution in [0.3, 0.4) is 0 Å². The molecule has 0 amide bonds. The maximum atomic E-state index is 5.60. The second-order valence-electron chi connectivity index (χ2n) is 5.59. The van der Waals surface area contributed by atoms with Crippen molar-refractivity contribution in [3.63, 3.8) is 0 Å². The number of hydrogen-bond acceptors (Lipinski definition) is 4. The zero-order valence-corrected chi connectivity index (χ0v) is 15.0. The number of ether oxygens (including phenoxy) is 1. The van der Waals surface area contributed by atoms with Crippen molar-refractivity contribution < 1.29 is 4.74 Å². The van der Waals surface area contributed by atoms with Crippen LogP contribution in [0.5, 0.6) is 5.75 Å². The molecule has 0 aliphatic heterocycles. The van der Waals surface area contributed by atoms with Crippen molar-refractivity contribution in [2.75, 3.05) is 26.5 Å². The fourth-order valence-corrected chi connectivity index (χ4v) is 3.84. The maximum absolute atomic E-state index is 5.60. The van der Waals surface area contributed by atoms with Gasteiger partial charge < -0.3 is 15.0 Å². The lowest BCUT2D eigenvalue weighted by molar-refractivity contribution is 0.419. The van der Waals surface area contributed by atoms with E-state index in [1.165, 1.54) is 17.4 Å². The van der Waals surface area contributed by atoms with Crippen molar-refractivity contribution in [3.05, 3.63) is 48.2 Å². The van der Waals surface area contributed by atoms with Crippen molar-refractivity contribution in [1.82, 2.24) is 15.3 Å². The van der Waals surface area contributed by atoms with Gasteiger partial charge in [0.05, 0.1) is 18.5 Å². The molecule has 126 valence electrons. The summed E-state index contributed by atoms with van der Waals surface area (Å²) in [4.78, 5) is 8.07. The summed E-state index contributed by atoms with van der Waals surface area (Å²) in [6, 6.07) is 12.1. The summed E-state index contributed by atoms with van der Waals surface area (Å²) in [6.07, 6.45) is 3.00. The second kappa shape index (κ2) is 8.22. The van der Waals surface area contributed by atoms with Crippen LogP contribution in [-0.4, -0.2) is 36.4 Å². The van der Waals surface area contributed by atoms with Crippen molar-refractivity contribution in [1.29, 1.82) is 0 Å². The van der Waals surface area contributed by atoms with E-state index in [2.05, 4.69) is 21.4 Å². The summed E-state index contributed by atoms with van der Waals surface area (Å²) in [5.74, 6) is 2.98. The van der Waals surface area contributed by atoms with E-state index in [0.717, 1.165) is 40.7 Å². The Morgan fingerprint density at radius 2 is 2.12 bits per heavy atom. The molecule has 0 spiro atoms. The highest BCUT2D eigenvalue weighted by molar-refractivity contribution is 7.98. The van der Waals surface area contributed by atoms with Crippen LogP contribution in [0.25, 0.3) is 22.3 Å². The quantitative estimate of drug-likeness (QED) is 0.606. The molecule has 0 saturated carbocycles. The third-order valence-corrected chi connectivity index (χ3v) is 5.06. The number of hydrogen-bond donors (Lipinski definition) is 2. The Morgan fingerprint density at radius 3 is 2.88 bits per heavy atom. The summed E-state index contributed by atoms with van der Waals surface area (Å²) in [6.45, 7) is 1.05. The van der Waals surface area contributed by atoms with E-state index in [4.69, 9.17) is 4.74 Å². The molecule has 4 nitrogen and oxygen atoms in total. The number of aromatic nitrogens is 2. The molecule has 0 aliphatic rings. The number of nitrogens with one attached hydrogen (secondary N) is 2. The van der Waals surface area contributed by atoms with Crippen LogP contribution in [0.1, 0.15) is 12.0 Å². The van der Waals surface area contributed by atoms with Gasteiger partial charge in [-0.05, 0) is 50.0 Å². The highest BCUT2D eigenvalue weighted by atomic mass is 32.2. The molecule has 2 aromatic heterocycles. The zero-order valence-electron chi connectivity index (χ0n) is 14.1. The van der Waals surface area contributed by atoms with Crippen molar-refractivity contribution in [2.45, 2.75) is 12.2 Å². The van der Waals surface area contributed by atoms with E-state index >= 15 is 0 Å². The first kappa shape index (κ1) is 16.9. The van der Waals surface area contributed by atoms with E-state index in [1.807, 2.05) is 55.3 Å². The van der Waals surface area contributed by atoms with E-state index < -0.39 is 0 Å². The maximum Gasteiger partial charge on any atom is 0.128 e. The minimum Gasteiger partial charge on any atom is -0.496 e. The Morgan fingerprint density at radius 1 is 1.21 bits per heavy atom. The Balaban J connectivity index is 1.98. The van der Waals surface area contributed by atoms with Gasteiger partial charge in [0.1, 0.15) is 5.75 Å². The monoisotopic (exact) mass is 341 g/mol. The standard InChI is InChI=1S/C19H23N3OS/c1-20-10-6-12-24-13-14-18-15(8-5-9-17(18)23-2)22-19(14)16-7-3-4-11-21-16/h3-5,7-9,11,20,22H,6,10,12-13H2,1-2H3. The number of aromatic amines is 1. The molecule has 0 unspecified atom stereocenters. The van der Waals surface area contributed by atoms with Crippen LogP contribution in [0, 0.1) is 0 Å². The molecule has 0 saturated heterocycles. The number of nitrogens with zero attached hydrogens (tertiary/aromatic N) is 1. The largest absolute Gasteiger partial charge is 0.496 e. The lowest BCUT2D eigenvalue weighted by Crippen LogP contribution is -2.08. The third kappa shape index (κ3) is 3.57. The van der Waals surface area contributed by atoms with Gasteiger partial charge in [0.25, 0.3) is 0 Å². The lowest BCUT2D eigenvalue weighted by atomic mass is 10.1. The molecule has 3 aromatic rings. The fraction of sp³-hybridized carbons (Fsp3) is 0.316. The van der Waals surface area contributed by atoms with Crippen molar-refractivity contribution in [2.24, 2.45) is 0 Å². The molecule has 0 bridgehead atoms. The number of fused-ring (bicyclic) bond motifs is 1. The number of rotatable bonds is 8. The zero-order chi connectivity index (χ0) is 16.8. The molecule has 24 heavy (non-hydrogen) atoms. The average molecular weight is 341 g/mol. The smallest absolute Gasteiger partial charge is 0.128 e. The highest BCUT2D eigenvalue weighted by Crippen LogP contribution is 2.37. The van der Waals surface area contributed by atoms with Crippen LogP contribution >= 0.6 is 11.8 Å². The van der Waals surface area contributed by atoms with Gasteiger partial charge in [-0.3, -0.25) is 4.98 Å². The summed E-state index contributed by atoms with van der Waals surface area (Å²) in [7, 11) is 3.72. The van der Waals surface area contributed by atoms with Gasteiger partial charge in [0, 0.05) is 28.4 Å². The van der Waals surface area contributed by atoms with E-state index in [-0.39, 0.29) is 0 Å². The van der Waals surface area contributed by atoms with Gasteiger partial charge in [-0.2, -0.15) is 11.8 Å². The van der Waals surface area contributed by atoms with Crippen LogP contribution in [0.4, 0.5) is 0 Å². The fourth-order valence-electron chi connectivity index (χ4n) is 2.85. The first-order valence-corrected chi connectivity index (χ1v) is 9.32. The predicted molar refractivity (Wildman–Crippen MR) is 103 cm³/mol. The minimum atomic E-state index is 0.914. The van der Waals surface area contributed by atoms with Crippen LogP contribution < -0.4 is 10.1 Å². The van der Waals surface area contributed by atoms with E-state index in [9.17, 15) is 0 Å². The third-order valence-electron chi connectivity index (χ3n) is 3.99. The van der Waals surface area contributed by atoms with Gasteiger partial charge in [-0.1, -0.05) is 12.1 Å². The molecule has 0 radical (unpaired) electrons. The summed E-state index contributed by atoms with van der Waals surface area (Å²) >= 11 is 1.95. The van der Waals surface area contributed by atoms with Gasteiger partial charge in [0.2, 0.25) is 0 Å². The van der Waals surface area contributed by atoms with Gasteiger partial charge >= 0.3 is 0 Å². The normalized spacial score (nSPS) is 11.1. The molecule has 1 aromatic carbocycles. The lowest BCUT2D eigenvalue weighted by Gasteiger charge is -2.07. The van der Waals surface area contributed by atoms with Crippen LogP contribution in [0.2, 0.25) is 0 Å². The number of methoxy groups -OCH3 is 1. The first-order chi connectivity index (χ1) is 11.8. The van der Waals surface area contributed by atoms with Crippen LogP contribution in [0.15, 0.2) is 42.6 Å². The number of H-pyrrole nitrogens is 1. The summed E-state index contributed by atoms with van der Waals surface area (Å²) in [5.41, 5.74) is 4.44. The Labute approximate surface area is 147 Å². The van der Waals surface area contributed by atoms with Crippen molar-refractivity contribution >= 4 is 22.7 Å². The average Bonchev–Trinajstić information content (AvgIpc) is 3.01. The van der Waals surface area contributed by atoms with Crippen LogP contribution in [-0.2, 0) is 5.75 Å². The summed E-state index contributed by atoms with van der Waals surface area (Å²) < 4.78 is 5.60. The number of thioether (sulfide) groups is 1. The Kier molecular flexibility index (Phi) is 5.77. The molecule has 0 fully saturated rings. The molecule has 5 heteroatoms. The number of pyridine rings is 1. The Hall–Kier alpha value is -1.98. The molecular formula is C19H23N3OS. The molecule has 2 N–H and O–H groups in total. The van der Waals surface area contributed by atoms with Gasteiger partial charge in [-0.15, -0.1) is 0 Å². The number of benzene rings is 1. The minimum absolute atomic E-state index is 0.914. The highest BCUT2D eigenvalue weighted by Gasteiger charge is 2.17. The first-order valence-electron chi connectivity index (χ1n) is 8.16. The van der Waals surface area contributed by atoms with E-state index in [1.54, 1.807) is 7.11 Å². The molecule has 0 atom stereocenters. The SMILES string of the molecule is CNCCCSCc1c(-c2ccccn2)[nH]c2cccc(OC)c12. The topological polar surface area (TPSA) is 49.9 Å². The molecule has 3 rings (SSSR count). The molecular weight excluding hydrogens is 318 g/mol. The molecule has 0 aliphatic carbocycles.